The van der Waals surface area contributed by atoms with E-state index in [2.05, 4.69) is 15.6 Å². The molecule has 11 heteroatoms. The number of pyridine rings is 1. The van der Waals surface area contributed by atoms with Gasteiger partial charge in [0.25, 0.3) is 5.91 Å². The summed E-state index contributed by atoms with van der Waals surface area (Å²) in [4.78, 5) is 31.5. The SMILES string of the molecule is CNC(=O)C1COc2c(C(=O)Nc3ccc(C(F)(F)F)cc3)cccc2N1c1ncccc1Cl. The number of ether oxygens (including phenoxy) is 1. The Morgan fingerprint density at radius 3 is 2.50 bits per heavy atom. The third-order valence-electron chi connectivity index (χ3n) is 5.18. The Bertz CT molecular complexity index is 1230. The van der Waals surface area contributed by atoms with Crippen LogP contribution in [0.5, 0.6) is 5.75 Å². The highest BCUT2D eigenvalue weighted by molar-refractivity contribution is 6.33. The molecule has 1 aliphatic heterocycles. The molecule has 3 aromatic rings. The maximum atomic E-state index is 13.0. The number of nitrogens with zero attached hydrogens (tertiary/aromatic N) is 2. The zero-order valence-electron chi connectivity index (χ0n) is 17.7. The molecule has 0 spiro atoms. The van der Waals surface area contributed by atoms with Crippen LogP contribution in [0.25, 0.3) is 0 Å². The first-order chi connectivity index (χ1) is 16.2. The lowest BCUT2D eigenvalue weighted by atomic mass is 10.1. The summed E-state index contributed by atoms with van der Waals surface area (Å²) >= 11 is 6.36. The lowest BCUT2D eigenvalue weighted by Gasteiger charge is -2.37. The number of fused-ring (bicyclic) bond motifs is 1. The average Bonchev–Trinajstić information content (AvgIpc) is 2.82. The maximum absolute atomic E-state index is 13.0. The number of benzene rings is 2. The molecule has 2 N–H and O–H groups in total. The lowest BCUT2D eigenvalue weighted by molar-refractivity contribution is -0.137. The Labute approximate surface area is 197 Å². The molecule has 2 aromatic carbocycles. The van der Waals surface area contributed by atoms with E-state index in [-0.39, 0.29) is 29.5 Å². The smallest absolute Gasteiger partial charge is 0.416 e. The number of hydrogen-bond acceptors (Lipinski definition) is 5. The second kappa shape index (κ2) is 9.22. The van der Waals surface area contributed by atoms with Crippen molar-refractivity contribution in [2.24, 2.45) is 0 Å². The second-order valence-corrected chi connectivity index (χ2v) is 7.71. The van der Waals surface area contributed by atoms with Crippen molar-refractivity contribution in [1.29, 1.82) is 0 Å². The van der Waals surface area contributed by atoms with Gasteiger partial charge in [0, 0.05) is 18.9 Å². The van der Waals surface area contributed by atoms with Crippen LogP contribution in [0.15, 0.2) is 60.8 Å². The molecule has 2 amide bonds. The summed E-state index contributed by atoms with van der Waals surface area (Å²) in [7, 11) is 1.49. The van der Waals surface area contributed by atoms with E-state index in [0.29, 0.717) is 16.5 Å². The fraction of sp³-hybridized carbons (Fsp3) is 0.174. The standard InChI is InChI=1S/C23H18ClF3N4O3/c1-28-22(33)18-12-34-19-15(21(32)30-14-9-7-13(8-10-14)23(25,26)27)4-2-6-17(19)31(18)20-16(24)5-3-11-29-20/h2-11,18H,12H2,1H3,(H,28,33)(H,30,32). The first-order valence-corrected chi connectivity index (χ1v) is 10.4. The monoisotopic (exact) mass is 490 g/mol. The maximum Gasteiger partial charge on any atom is 0.416 e. The Morgan fingerprint density at radius 2 is 1.85 bits per heavy atom. The van der Waals surface area contributed by atoms with Crippen LogP contribution in [0.2, 0.25) is 5.02 Å². The zero-order valence-corrected chi connectivity index (χ0v) is 18.4. The molecule has 0 aliphatic carbocycles. The summed E-state index contributed by atoms with van der Waals surface area (Å²) in [5.41, 5.74) is -0.126. The van der Waals surface area contributed by atoms with E-state index in [0.717, 1.165) is 12.1 Å². The molecule has 1 unspecified atom stereocenters. The highest BCUT2D eigenvalue weighted by atomic mass is 35.5. The number of nitrogens with one attached hydrogen (secondary N) is 2. The van der Waals surface area contributed by atoms with Crippen LogP contribution in [-0.2, 0) is 11.0 Å². The Hall–Kier alpha value is -3.79. The first-order valence-electron chi connectivity index (χ1n) is 10.1. The van der Waals surface area contributed by atoms with Crippen molar-refractivity contribution in [3.05, 3.63) is 76.9 Å². The summed E-state index contributed by atoms with van der Waals surface area (Å²) in [6.45, 7) is -0.0931. The number of halogens is 4. The molecule has 2 heterocycles. The van der Waals surface area contributed by atoms with E-state index in [1.165, 1.54) is 31.4 Å². The Morgan fingerprint density at radius 1 is 1.12 bits per heavy atom. The largest absolute Gasteiger partial charge is 0.488 e. The summed E-state index contributed by atoms with van der Waals surface area (Å²) < 4.78 is 44.2. The van der Waals surface area contributed by atoms with Crippen molar-refractivity contribution in [3.8, 4) is 5.75 Å². The predicted octanol–water partition coefficient (Wildman–Crippen LogP) is 4.65. The van der Waals surface area contributed by atoms with E-state index in [9.17, 15) is 22.8 Å². The lowest BCUT2D eigenvalue weighted by Crippen LogP contribution is -2.50. The van der Waals surface area contributed by atoms with Crippen molar-refractivity contribution in [1.82, 2.24) is 10.3 Å². The number of para-hydroxylation sites is 1. The fourth-order valence-electron chi connectivity index (χ4n) is 3.57. The van der Waals surface area contributed by atoms with Crippen LogP contribution in [0.1, 0.15) is 15.9 Å². The van der Waals surface area contributed by atoms with Gasteiger partial charge in [-0.1, -0.05) is 17.7 Å². The van der Waals surface area contributed by atoms with Crippen LogP contribution < -0.4 is 20.3 Å². The van der Waals surface area contributed by atoms with E-state index in [1.54, 1.807) is 29.2 Å². The number of amides is 2. The van der Waals surface area contributed by atoms with E-state index in [1.807, 2.05) is 0 Å². The predicted molar refractivity (Wildman–Crippen MR) is 121 cm³/mol. The first kappa shape index (κ1) is 23.4. The summed E-state index contributed by atoms with van der Waals surface area (Å²) in [6.07, 6.45) is -2.95. The molecule has 176 valence electrons. The second-order valence-electron chi connectivity index (χ2n) is 7.30. The Kier molecular flexibility index (Phi) is 6.34. The van der Waals surface area contributed by atoms with Crippen molar-refractivity contribution in [2.75, 3.05) is 23.9 Å². The molecule has 0 saturated carbocycles. The van der Waals surface area contributed by atoms with Gasteiger partial charge in [0.05, 0.1) is 21.8 Å². The molecule has 0 saturated heterocycles. The van der Waals surface area contributed by atoms with Crippen LogP contribution in [0.4, 0.5) is 30.4 Å². The number of carbonyl (C=O) groups excluding carboxylic acids is 2. The minimum atomic E-state index is -4.48. The fourth-order valence-corrected chi connectivity index (χ4v) is 3.78. The van der Waals surface area contributed by atoms with Crippen LogP contribution in [0.3, 0.4) is 0 Å². The molecule has 1 aromatic heterocycles. The number of likely N-dealkylation sites (N-methyl/N-ethyl adjacent to an activating group) is 1. The minimum absolute atomic E-state index is 0.0931. The highest BCUT2D eigenvalue weighted by Gasteiger charge is 2.37. The molecule has 34 heavy (non-hydrogen) atoms. The van der Waals surface area contributed by atoms with Crippen LogP contribution >= 0.6 is 11.6 Å². The molecule has 7 nitrogen and oxygen atoms in total. The summed E-state index contributed by atoms with van der Waals surface area (Å²) in [5.74, 6) is -0.439. The summed E-state index contributed by atoms with van der Waals surface area (Å²) in [6, 6.07) is 11.3. The van der Waals surface area contributed by atoms with Crippen molar-refractivity contribution < 1.29 is 27.5 Å². The number of aromatic nitrogens is 1. The van der Waals surface area contributed by atoms with Crippen LogP contribution in [0, 0.1) is 0 Å². The van der Waals surface area contributed by atoms with Gasteiger partial charge in [-0.05, 0) is 48.5 Å². The quantitative estimate of drug-likeness (QED) is 0.556. The molecular formula is C23H18ClF3N4O3. The topological polar surface area (TPSA) is 83.6 Å². The van der Waals surface area contributed by atoms with E-state index in [4.69, 9.17) is 16.3 Å². The van der Waals surface area contributed by atoms with Gasteiger partial charge < -0.3 is 20.3 Å². The Balaban J connectivity index is 1.70. The van der Waals surface area contributed by atoms with Crippen molar-refractivity contribution in [3.63, 3.8) is 0 Å². The summed E-state index contributed by atoms with van der Waals surface area (Å²) in [5, 5.41) is 5.45. The van der Waals surface area contributed by atoms with Crippen molar-refractivity contribution >= 4 is 40.6 Å². The van der Waals surface area contributed by atoms with Gasteiger partial charge >= 0.3 is 6.18 Å². The van der Waals surface area contributed by atoms with Gasteiger partial charge in [0.1, 0.15) is 12.6 Å². The highest BCUT2D eigenvalue weighted by Crippen LogP contribution is 2.43. The molecule has 1 aliphatic rings. The van der Waals surface area contributed by atoms with Gasteiger partial charge in [0.15, 0.2) is 11.6 Å². The molecule has 1 atom stereocenters. The molecular weight excluding hydrogens is 473 g/mol. The number of anilines is 3. The molecule has 0 radical (unpaired) electrons. The van der Waals surface area contributed by atoms with Gasteiger partial charge in [0.2, 0.25) is 5.91 Å². The average molecular weight is 491 g/mol. The molecule has 0 fully saturated rings. The van der Waals surface area contributed by atoms with Gasteiger partial charge in [-0.15, -0.1) is 0 Å². The van der Waals surface area contributed by atoms with Crippen molar-refractivity contribution in [2.45, 2.75) is 12.2 Å². The van der Waals surface area contributed by atoms with E-state index >= 15 is 0 Å². The normalized spacial score (nSPS) is 15.2. The number of hydrogen-bond donors (Lipinski definition) is 2. The third-order valence-corrected chi connectivity index (χ3v) is 5.48. The van der Waals surface area contributed by atoms with Gasteiger partial charge in [-0.3, -0.25) is 9.59 Å². The minimum Gasteiger partial charge on any atom is -0.488 e. The number of rotatable bonds is 4. The zero-order chi connectivity index (χ0) is 24.5. The number of alkyl halides is 3. The number of carbonyl (C=O) groups is 2. The van der Waals surface area contributed by atoms with Gasteiger partial charge in [-0.25, -0.2) is 4.98 Å². The van der Waals surface area contributed by atoms with E-state index < -0.39 is 23.7 Å². The third kappa shape index (κ3) is 4.49. The molecule has 4 rings (SSSR count). The molecule has 0 bridgehead atoms. The van der Waals surface area contributed by atoms with Gasteiger partial charge in [-0.2, -0.15) is 13.2 Å². The van der Waals surface area contributed by atoms with Crippen LogP contribution in [-0.4, -0.2) is 36.5 Å².